The number of carbonyl (C=O) groups excluding carboxylic acids is 1. The number of carboxylic acid groups (broad SMARTS) is 1. The Bertz CT molecular complexity index is 195. The summed E-state index contributed by atoms with van der Waals surface area (Å²) in [6.07, 6.45) is 0.966. The van der Waals surface area contributed by atoms with Crippen molar-refractivity contribution < 1.29 is 14.7 Å². The van der Waals surface area contributed by atoms with E-state index in [-0.39, 0.29) is 5.70 Å². The van der Waals surface area contributed by atoms with E-state index < -0.39 is 11.9 Å². The van der Waals surface area contributed by atoms with Gasteiger partial charge in [-0.15, -0.1) is 0 Å². The monoisotopic (exact) mass is 141 g/mol. The lowest BCUT2D eigenvalue weighted by Crippen LogP contribution is -2.24. The van der Waals surface area contributed by atoms with Crippen LogP contribution in [-0.2, 0) is 9.59 Å². The number of hydrogen-bond acceptors (Lipinski definition) is 2. The quantitative estimate of drug-likeness (QED) is 0.539. The first-order valence-corrected chi connectivity index (χ1v) is 2.43. The molecule has 0 aromatic rings. The molecular weight excluding hydrogens is 134 g/mol. The highest BCUT2D eigenvalue weighted by atomic mass is 16.4. The molecule has 0 aromatic heterocycles. The molecule has 0 atom stereocenters. The first-order valence-electron chi connectivity index (χ1n) is 2.43. The molecule has 0 aliphatic heterocycles. The molecule has 0 aliphatic rings. The SMILES string of the molecule is C=CC(=O)NC(=C)C(=O)O. The lowest BCUT2D eigenvalue weighted by Gasteiger charge is -1.97. The van der Waals surface area contributed by atoms with Gasteiger partial charge in [0.25, 0.3) is 0 Å². The lowest BCUT2D eigenvalue weighted by atomic mass is 10.4. The molecule has 4 nitrogen and oxygen atoms in total. The highest BCUT2D eigenvalue weighted by Gasteiger charge is 2.04. The van der Waals surface area contributed by atoms with Gasteiger partial charge < -0.3 is 10.4 Å². The second-order valence-corrected chi connectivity index (χ2v) is 1.48. The first kappa shape index (κ1) is 8.42. The summed E-state index contributed by atoms with van der Waals surface area (Å²) in [5, 5.41) is 10.2. The zero-order chi connectivity index (χ0) is 8.15. The Morgan fingerprint density at radius 3 is 2.30 bits per heavy atom. The van der Waals surface area contributed by atoms with E-state index in [4.69, 9.17) is 5.11 Å². The minimum absolute atomic E-state index is 0.357. The number of hydrogen-bond donors (Lipinski definition) is 2. The van der Waals surface area contributed by atoms with E-state index in [0.29, 0.717) is 0 Å². The number of nitrogens with one attached hydrogen (secondary N) is 1. The maximum absolute atomic E-state index is 10.4. The maximum atomic E-state index is 10.4. The minimum atomic E-state index is -1.25. The van der Waals surface area contributed by atoms with Crippen LogP contribution in [0.5, 0.6) is 0 Å². The summed E-state index contributed by atoms with van der Waals surface area (Å²) in [4.78, 5) is 20.4. The van der Waals surface area contributed by atoms with Gasteiger partial charge in [0, 0.05) is 0 Å². The van der Waals surface area contributed by atoms with Crippen molar-refractivity contribution in [1.29, 1.82) is 0 Å². The fourth-order valence-corrected chi connectivity index (χ4v) is 0.253. The van der Waals surface area contributed by atoms with E-state index in [0.717, 1.165) is 6.08 Å². The van der Waals surface area contributed by atoms with Gasteiger partial charge in [0.05, 0.1) is 0 Å². The van der Waals surface area contributed by atoms with Gasteiger partial charge in [-0.1, -0.05) is 13.2 Å². The molecular formula is C6H7NO3. The fraction of sp³-hybridized carbons (Fsp3) is 0. The van der Waals surface area contributed by atoms with Crippen molar-refractivity contribution >= 4 is 11.9 Å². The van der Waals surface area contributed by atoms with Crippen LogP contribution in [0.3, 0.4) is 0 Å². The first-order chi connectivity index (χ1) is 4.57. The molecule has 0 radical (unpaired) electrons. The minimum Gasteiger partial charge on any atom is -0.477 e. The summed E-state index contributed by atoms with van der Waals surface area (Å²) in [7, 11) is 0. The molecule has 0 rings (SSSR count). The van der Waals surface area contributed by atoms with Crippen molar-refractivity contribution in [2.75, 3.05) is 0 Å². The second-order valence-electron chi connectivity index (χ2n) is 1.48. The van der Waals surface area contributed by atoms with Crippen molar-refractivity contribution in [3.63, 3.8) is 0 Å². The molecule has 1 amide bonds. The van der Waals surface area contributed by atoms with Gasteiger partial charge in [0.15, 0.2) is 0 Å². The van der Waals surface area contributed by atoms with Gasteiger partial charge in [-0.05, 0) is 6.08 Å². The summed E-state index contributed by atoms with van der Waals surface area (Å²) >= 11 is 0. The van der Waals surface area contributed by atoms with Crippen LogP contribution in [0.25, 0.3) is 0 Å². The molecule has 10 heavy (non-hydrogen) atoms. The Balaban J connectivity index is 3.92. The van der Waals surface area contributed by atoms with Crippen molar-refractivity contribution in [2.24, 2.45) is 0 Å². The molecule has 0 spiro atoms. The summed E-state index contributed by atoms with van der Waals surface area (Å²) in [6.45, 7) is 6.19. The van der Waals surface area contributed by atoms with Crippen LogP contribution < -0.4 is 5.32 Å². The third-order valence-electron chi connectivity index (χ3n) is 0.718. The van der Waals surface area contributed by atoms with Gasteiger partial charge >= 0.3 is 5.97 Å². The predicted octanol–water partition coefficient (Wildman–Crippen LogP) is -0.113. The van der Waals surface area contributed by atoms with E-state index in [1.165, 1.54) is 0 Å². The summed E-state index contributed by atoms with van der Waals surface area (Å²) in [5.74, 6) is -1.83. The summed E-state index contributed by atoms with van der Waals surface area (Å²) in [6, 6.07) is 0. The van der Waals surface area contributed by atoms with Gasteiger partial charge in [-0.3, -0.25) is 4.79 Å². The van der Waals surface area contributed by atoms with Gasteiger partial charge in [0.1, 0.15) is 5.70 Å². The molecule has 0 fully saturated rings. The largest absolute Gasteiger partial charge is 0.477 e. The van der Waals surface area contributed by atoms with E-state index in [1.54, 1.807) is 0 Å². The van der Waals surface area contributed by atoms with Crippen LogP contribution in [0.15, 0.2) is 24.9 Å². The van der Waals surface area contributed by atoms with Crippen LogP contribution in [0.1, 0.15) is 0 Å². The molecule has 0 bridgehead atoms. The van der Waals surface area contributed by atoms with Crippen LogP contribution in [0, 0.1) is 0 Å². The third kappa shape index (κ3) is 2.66. The maximum Gasteiger partial charge on any atom is 0.351 e. The molecule has 0 aromatic carbocycles. The molecule has 0 saturated heterocycles. The Morgan fingerprint density at radius 2 is 2.00 bits per heavy atom. The van der Waals surface area contributed by atoms with Crippen LogP contribution in [0.4, 0.5) is 0 Å². The van der Waals surface area contributed by atoms with Crippen LogP contribution in [0.2, 0.25) is 0 Å². The zero-order valence-corrected chi connectivity index (χ0v) is 5.26. The normalized spacial score (nSPS) is 8.00. The average Bonchev–Trinajstić information content (AvgIpc) is 1.87. The fourth-order valence-electron chi connectivity index (χ4n) is 0.253. The average molecular weight is 141 g/mol. The molecule has 4 heteroatoms. The Labute approximate surface area is 57.9 Å². The second kappa shape index (κ2) is 3.45. The number of carbonyl (C=O) groups is 2. The van der Waals surface area contributed by atoms with Gasteiger partial charge in [0.2, 0.25) is 5.91 Å². The van der Waals surface area contributed by atoms with E-state index in [9.17, 15) is 9.59 Å². The highest BCUT2D eigenvalue weighted by molar-refractivity contribution is 5.96. The summed E-state index contributed by atoms with van der Waals surface area (Å²) < 4.78 is 0. The lowest BCUT2D eigenvalue weighted by molar-refractivity contribution is -0.134. The Hall–Kier alpha value is -1.58. The Morgan fingerprint density at radius 1 is 1.50 bits per heavy atom. The topological polar surface area (TPSA) is 66.4 Å². The van der Waals surface area contributed by atoms with E-state index in [2.05, 4.69) is 13.2 Å². The van der Waals surface area contributed by atoms with Crippen molar-refractivity contribution in [3.8, 4) is 0 Å². The standard InChI is InChI=1S/C6H7NO3/c1-3-5(8)7-4(2)6(9)10/h3H,1-2H2,(H,7,8)(H,9,10). The molecule has 2 N–H and O–H groups in total. The number of rotatable bonds is 3. The zero-order valence-electron chi connectivity index (χ0n) is 5.26. The third-order valence-corrected chi connectivity index (χ3v) is 0.718. The predicted molar refractivity (Wildman–Crippen MR) is 35.1 cm³/mol. The highest BCUT2D eigenvalue weighted by Crippen LogP contribution is 1.82. The molecule has 0 aliphatic carbocycles. The number of carboxylic acids is 1. The number of amides is 1. The smallest absolute Gasteiger partial charge is 0.351 e. The van der Waals surface area contributed by atoms with Crippen molar-refractivity contribution in [3.05, 3.63) is 24.9 Å². The van der Waals surface area contributed by atoms with E-state index >= 15 is 0 Å². The van der Waals surface area contributed by atoms with Crippen LogP contribution in [-0.4, -0.2) is 17.0 Å². The van der Waals surface area contributed by atoms with Gasteiger partial charge in [-0.25, -0.2) is 4.79 Å². The summed E-state index contributed by atoms with van der Waals surface area (Å²) in [5.41, 5.74) is -0.357. The number of aliphatic carboxylic acids is 1. The van der Waals surface area contributed by atoms with E-state index in [1.807, 2.05) is 5.32 Å². The van der Waals surface area contributed by atoms with Crippen molar-refractivity contribution in [2.45, 2.75) is 0 Å². The Kier molecular flexibility index (Phi) is 2.90. The molecule has 0 unspecified atom stereocenters. The molecule has 0 saturated carbocycles. The molecule has 0 heterocycles. The van der Waals surface area contributed by atoms with Gasteiger partial charge in [-0.2, -0.15) is 0 Å². The van der Waals surface area contributed by atoms with Crippen LogP contribution >= 0.6 is 0 Å². The van der Waals surface area contributed by atoms with Crippen molar-refractivity contribution in [1.82, 2.24) is 5.32 Å². The molecule has 54 valence electrons.